The number of aryl methyl sites for hydroxylation is 1. The molecule has 2 fully saturated rings. The molecule has 26 heavy (non-hydrogen) atoms. The van der Waals surface area contributed by atoms with Crippen molar-refractivity contribution in [2.24, 2.45) is 11.8 Å². The summed E-state index contributed by atoms with van der Waals surface area (Å²) in [6.07, 6.45) is 4.84. The largest absolute Gasteiger partial charge is 0.308 e. The molecule has 2 heterocycles. The van der Waals surface area contributed by atoms with Crippen molar-refractivity contribution in [3.63, 3.8) is 0 Å². The molecule has 0 bridgehead atoms. The van der Waals surface area contributed by atoms with E-state index in [4.69, 9.17) is 0 Å². The van der Waals surface area contributed by atoms with Gasteiger partial charge in [-0.05, 0) is 56.4 Å². The zero-order chi connectivity index (χ0) is 18.4. The molecule has 1 aromatic rings. The smallest absolute Gasteiger partial charge is 0.247 e. The highest BCUT2D eigenvalue weighted by Crippen LogP contribution is 2.38. The van der Waals surface area contributed by atoms with Gasteiger partial charge in [0, 0.05) is 11.7 Å². The predicted molar refractivity (Wildman–Crippen MR) is 93.8 cm³/mol. The second-order valence-electron chi connectivity index (χ2n) is 7.68. The molecule has 1 saturated carbocycles. The standard InChI is InChI=1S/C20H23FN2O3/c1-12-6-7-13-10-14(21)8-9-17(13)23(12)18(24)11-22-19(25)15-4-2-3-5-16(15)20(22)26/h8-10,12,15-16H,2-7,11H2,1H3. The van der Waals surface area contributed by atoms with Gasteiger partial charge in [0.1, 0.15) is 12.4 Å². The van der Waals surface area contributed by atoms with Crippen LogP contribution >= 0.6 is 0 Å². The van der Waals surface area contributed by atoms with E-state index in [0.717, 1.165) is 42.6 Å². The second kappa shape index (κ2) is 6.49. The molecule has 1 saturated heterocycles. The molecule has 3 unspecified atom stereocenters. The molecule has 0 aromatic heterocycles. The Kier molecular flexibility index (Phi) is 4.29. The summed E-state index contributed by atoms with van der Waals surface area (Å²) < 4.78 is 13.5. The Labute approximate surface area is 152 Å². The maximum absolute atomic E-state index is 13.5. The highest BCUT2D eigenvalue weighted by Gasteiger charge is 2.49. The third-order valence-corrected chi connectivity index (χ3v) is 6.07. The van der Waals surface area contributed by atoms with Gasteiger partial charge in [-0.1, -0.05) is 12.8 Å². The second-order valence-corrected chi connectivity index (χ2v) is 7.68. The first-order valence-corrected chi connectivity index (χ1v) is 9.43. The van der Waals surface area contributed by atoms with Crippen LogP contribution in [0.15, 0.2) is 18.2 Å². The topological polar surface area (TPSA) is 57.7 Å². The molecule has 6 heteroatoms. The Morgan fingerprint density at radius 2 is 1.77 bits per heavy atom. The SMILES string of the molecule is CC1CCc2cc(F)ccc2N1C(=O)CN1C(=O)C2CCCCC2C1=O. The van der Waals surface area contributed by atoms with Crippen LogP contribution in [0.1, 0.15) is 44.6 Å². The average molecular weight is 358 g/mol. The van der Waals surface area contributed by atoms with Crippen molar-refractivity contribution in [2.75, 3.05) is 11.4 Å². The highest BCUT2D eigenvalue weighted by atomic mass is 19.1. The van der Waals surface area contributed by atoms with Crippen molar-refractivity contribution in [3.05, 3.63) is 29.6 Å². The summed E-state index contributed by atoms with van der Waals surface area (Å²) in [4.78, 5) is 41.0. The Balaban J connectivity index is 1.57. The fourth-order valence-corrected chi connectivity index (χ4v) is 4.70. The van der Waals surface area contributed by atoms with Crippen LogP contribution in [-0.2, 0) is 20.8 Å². The van der Waals surface area contributed by atoms with E-state index in [9.17, 15) is 18.8 Å². The first kappa shape index (κ1) is 17.2. The van der Waals surface area contributed by atoms with Crippen molar-refractivity contribution in [2.45, 2.75) is 51.5 Å². The van der Waals surface area contributed by atoms with Crippen molar-refractivity contribution in [3.8, 4) is 0 Å². The van der Waals surface area contributed by atoms with Gasteiger partial charge in [0.15, 0.2) is 0 Å². The van der Waals surface area contributed by atoms with Gasteiger partial charge >= 0.3 is 0 Å². The lowest BCUT2D eigenvalue weighted by Gasteiger charge is -2.36. The molecule has 3 atom stereocenters. The number of fused-ring (bicyclic) bond motifs is 2. The molecule has 4 rings (SSSR count). The molecule has 2 aliphatic heterocycles. The van der Waals surface area contributed by atoms with Gasteiger partial charge in [0.25, 0.3) is 0 Å². The molecular weight excluding hydrogens is 335 g/mol. The summed E-state index contributed by atoms with van der Waals surface area (Å²) in [6.45, 7) is 1.73. The molecule has 3 aliphatic rings. The number of halogens is 1. The van der Waals surface area contributed by atoms with E-state index in [0.29, 0.717) is 12.1 Å². The summed E-state index contributed by atoms with van der Waals surface area (Å²) in [7, 11) is 0. The number of amides is 3. The average Bonchev–Trinajstić information content (AvgIpc) is 2.87. The number of benzene rings is 1. The van der Waals surface area contributed by atoms with Crippen LogP contribution in [0.2, 0.25) is 0 Å². The Bertz CT molecular complexity index is 754. The first-order chi connectivity index (χ1) is 12.5. The van der Waals surface area contributed by atoms with Gasteiger partial charge in [-0.3, -0.25) is 19.3 Å². The van der Waals surface area contributed by atoms with E-state index in [1.54, 1.807) is 11.0 Å². The van der Waals surface area contributed by atoms with Crippen LogP contribution in [0.5, 0.6) is 0 Å². The number of carbonyl (C=O) groups is 3. The van der Waals surface area contributed by atoms with Crippen molar-refractivity contribution >= 4 is 23.4 Å². The summed E-state index contributed by atoms with van der Waals surface area (Å²) in [5, 5.41) is 0. The summed E-state index contributed by atoms with van der Waals surface area (Å²) in [6, 6.07) is 4.38. The highest BCUT2D eigenvalue weighted by molar-refractivity contribution is 6.09. The number of hydrogen-bond donors (Lipinski definition) is 0. The third-order valence-electron chi connectivity index (χ3n) is 6.07. The minimum absolute atomic E-state index is 0.0458. The Morgan fingerprint density at radius 1 is 1.12 bits per heavy atom. The molecule has 3 amide bonds. The van der Waals surface area contributed by atoms with Crippen LogP contribution in [0.4, 0.5) is 10.1 Å². The third kappa shape index (κ3) is 2.72. The van der Waals surface area contributed by atoms with E-state index in [2.05, 4.69) is 0 Å². The van der Waals surface area contributed by atoms with Gasteiger partial charge in [0.05, 0.1) is 11.8 Å². The number of likely N-dealkylation sites (tertiary alicyclic amines) is 1. The molecule has 0 spiro atoms. The van der Waals surface area contributed by atoms with Crippen LogP contribution in [0.3, 0.4) is 0 Å². The monoisotopic (exact) mass is 358 g/mol. The quantitative estimate of drug-likeness (QED) is 0.764. The van der Waals surface area contributed by atoms with Crippen LogP contribution in [-0.4, -0.2) is 35.2 Å². The molecule has 5 nitrogen and oxygen atoms in total. The summed E-state index contributed by atoms with van der Waals surface area (Å²) >= 11 is 0. The van der Waals surface area contributed by atoms with Crippen LogP contribution in [0, 0.1) is 17.7 Å². The van der Waals surface area contributed by atoms with Crippen LogP contribution < -0.4 is 4.90 Å². The maximum atomic E-state index is 13.5. The van der Waals surface area contributed by atoms with E-state index in [1.807, 2.05) is 6.92 Å². The molecule has 0 radical (unpaired) electrons. The van der Waals surface area contributed by atoms with Gasteiger partial charge in [-0.15, -0.1) is 0 Å². The number of hydrogen-bond acceptors (Lipinski definition) is 3. The predicted octanol–water partition coefficient (Wildman–Crippen LogP) is 2.67. The van der Waals surface area contributed by atoms with Gasteiger partial charge in [-0.2, -0.15) is 0 Å². The lowest BCUT2D eigenvalue weighted by atomic mass is 9.81. The lowest BCUT2D eigenvalue weighted by Crippen LogP contribution is -2.48. The first-order valence-electron chi connectivity index (χ1n) is 9.43. The molecular formula is C20H23FN2O3. The number of carbonyl (C=O) groups excluding carboxylic acids is 3. The molecule has 1 aromatic carbocycles. The van der Waals surface area contributed by atoms with Gasteiger partial charge < -0.3 is 4.90 Å². The minimum Gasteiger partial charge on any atom is -0.308 e. The summed E-state index contributed by atoms with van der Waals surface area (Å²) in [5.41, 5.74) is 1.48. The van der Waals surface area contributed by atoms with Crippen molar-refractivity contribution in [1.82, 2.24) is 4.90 Å². The van der Waals surface area contributed by atoms with E-state index < -0.39 is 0 Å². The lowest BCUT2D eigenvalue weighted by molar-refractivity contribution is -0.143. The zero-order valence-corrected chi connectivity index (χ0v) is 14.9. The van der Waals surface area contributed by atoms with Gasteiger partial charge in [-0.25, -0.2) is 4.39 Å². The van der Waals surface area contributed by atoms with Crippen molar-refractivity contribution in [1.29, 1.82) is 0 Å². The fourth-order valence-electron chi connectivity index (χ4n) is 4.70. The van der Waals surface area contributed by atoms with E-state index in [1.165, 1.54) is 12.1 Å². The maximum Gasteiger partial charge on any atom is 0.247 e. The van der Waals surface area contributed by atoms with E-state index in [-0.39, 0.29) is 48.0 Å². The molecule has 138 valence electrons. The molecule has 0 N–H and O–H groups in total. The Morgan fingerprint density at radius 3 is 2.42 bits per heavy atom. The number of imide groups is 1. The zero-order valence-electron chi connectivity index (χ0n) is 14.9. The summed E-state index contributed by atoms with van der Waals surface area (Å²) in [5.74, 6) is -1.48. The number of rotatable bonds is 2. The fraction of sp³-hybridized carbons (Fsp3) is 0.550. The number of nitrogens with zero attached hydrogens (tertiary/aromatic N) is 2. The molecule has 1 aliphatic carbocycles. The van der Waals surface area contributed by atoms with Gasteiger partial charge in [0.2, 0.25) is 17.7 Å². The number of anilines is 1. The van der Waals surface area contributed by atoms with Crippen molar-refractivity contribution < 1.29 is 18.8 Å². The normalized spacial score (nSPS) is 28.2. The Hall–Kier alpha value is -2.24. The van der Waals surface area contributed by atoms with Crippen LogP contribution in [0.25, 0.3) is 0 Å². The minimum atomic E-state index is -0.320. The van der Waals surface area contributed by atoms with E-state index >= 15 is 0 Å².